The average molecular weight is 462 g/mol. The number of hydrogen-bond acceptors (Lipinski definition) is 6. The van der Waals surface area contributed by atoms with Gasteiger partial charge >= 0.3 is 5.97 Å². The maximum absolute atomic E-state index is 14.1. The van der Waals surface area contributed by atoms with Crippen LogP contribution in [0.4, 0.5) is 4.39 Å². The molecule has 0 bridgehead atoms. The molecule has 2 aliphatic rings. The third-order valence-electron chi connectivity index (χ3n) is 6.08. The number of benzene rings is 2. The second kappa shape index (κ2) is 9.66. The molecule has 2 heterocycles. The van der Waals surface area contributed by atoms with Crippen molar-refractivity contribution < 1.29 is 22.3 Å². The molecule has 7 nitrogen and oxygen atoms in total. The van der Waals surface area contributed by atoms with Crippen molar-refractivity contribution in [2.45, 2.75) is 30.5 Å². The number of likely N-dealkylation sites (tertiary alicyclic amines) is 1. The van der Waals surface area contributed by atoms with Crippen LogP contribution in [0.1, 0.15) is 12.5 Å². The van der Waals surface area contributed by atoms with Crippen LogP contribution in [0.3, 0.4) is 0 Å². The summed E-state index contributed by atoms with van der Waals surface area (Å²) < 4.78 is 46.8. The summed E-state index contributed by atoms with van der Waals surface area (Å²) in [4.78, 5) is 15.8. The molecule has 9 heteroatoms. The van der Waals surface area contributed by atoms with Crippen LogP contribution >= 0.6 is 0 Å². The number of carbonyl (C=O) groups is 1. The number of halogens is 1. The van der Waals surface area contributed by atoms with E-state index in [-0.39, 0.29) is 36.1 Å². The van der Waals surface area contributed by atoms with Gasteiger partial charge in [-0.15, -0.1) is 0 Å². The van der Waals surface area contributed by atoms with Gasteiger partial charge in [-0.1, -0.05) is 42.5 Å². The monoisotopic (exact) mass is 461 g/mol. The first-order chi connectivity index (χ1) is 15.3. The fourth-order valence-corrected chi connectivity index (χ4v) is 6.04. The number of carbonyl (C=O) groups excluding carboxylic acids is 1. The van der Waals surface area contributed by atoms with E-state index in [1.807, 2.05) is 18.2 Å². The van der Waals surface area contributed by atoms with Crippen LogP contribution in [0.5, 0.6) is 0 Å². The Morgan fingerprint density at radius 3 is 2.31 bits per heavy atom. The molecular formula is C23H28FN3O4S. The second-order valence-electron chi connectivity index (χ2n) is 8.27. The number of rotatable bonds is 6. The maximum Gasteiger partial charge on any atom is 0.303 e. The molecule has 0 N–H and O–H groups in total. The second-order valence-corrected chi connectivity index (χ2v) is 10.2. The summed E-state index contributed by atoms with van der Waals surface area (Å²) in [5.74, 6) is -1.06. The molecule has 0 amide bonds. The Labute approximate surface area is 188 Å². The van der Waals surface area contributed by atoms with Crippen LogP contribution in [0.25, 0.3) is 0 Å². The van der Waals surface area contributed by atoms with E-state index in [0.717, 1.165) is 19.2 Å². The Balaban J connectivity index is 1.42. The first-order valence-corrected chi connectivity index (χ1v) is 12.2. The summed E-state index contributed by atoms with van der Waals surface area (Å²) in [6.07, 6.45) is -0.272. The summed E-state index contributed by atoms with van der Waals surface area (Å²) in [7, 11) is -3.89. The van der Waals surface area contributed by atoms with Gasteiger partial charge in [0.2, 0.25) is 10.0 Å². The van der Waals surface area contributed by atoms with E-state index >= 15 is 0 Å². The zero-order valence-corrected chi connectivity index (χ0v) is 18.9. The van der Waals surface area contributed by atoms with Gasteiger partial charge in [-0.05, 0) is 17.7 Å². The lowest BCUT2D eigenvalue weighted by atomic mass is 10.1. The predicted octanol–water partition coefficient (Wildman–Crippen LogP) is 1.95. The molecule has 32 heavy (non-hydrogen) atoms. The summed E-state index contributed by atoms with van der Waals surface area (Å²) in [5.41, 5.74) is 1.19. The molecule has 2 saturated heterocycles. The van der Waals surface area contributed by atoms with Gasteiger partial charge in [-0.2, -0.15) is 4.31 Å². The molecule has 2 atom stereocenters. The topological polar surface area (TPSA) is 70.2 Å². The van der Waals surface area contributed by atoms with Gasteiger partial charge in [-0.3, -0.25) is 14.6 Å². The Morgan fingerprint density at radius 2 is 1.66 bits per heavy atom. The highest BCUT2D eigenvalue weighted by Crippen LogP contribution is 2.25. The highest BCUT2D eigenvalue weighted by Gasteiger charge is 2.41. The lowest BCUT2D eigenvalue weighted by Crippen LogP contribution is -2.55. The lowest BCUT2D eigenvalue weighted by Gasteiger charge is -2.38. The smallest absolute Gasteiger partial charge is 0.303 e. The normalized spacial score (nSPS) is 23.3. The largest absolute Gasteiger partial charge is 0.459 e. The summed E-state index contributed by atoms with van der Waals surface area (Å²) in [6.45, 7) is 5.05. The fraction of sp³-hybridized carbons (Fsp3) is 0.435. The Bertz CT molecular complexity index is 1040. The van der Waals surface area contributed by atoms with Crippen LogP contribution in [-0.2, 0) is 26.1 Å². The van der Waals surface area contributed by atoms with Gasteiger partial charge in [0.05, 0.1) is 6.04 Å². The van der Waals surface area contributed by atoms with Gasteiger partial charge < -0.3 is 4.74 Å². The zero-order chi connectivity index (χ0) is 22.7. The van der Waals surface area contributed by atoms with E-state index in [4.69, 9.17) is 4.74 Å². The molecular weight excluding hydrogens is 433 g/mol. The van der Waals surface area contributed by atoms with Gasteiger partial charge in [0, 0.05) is 52.7 Å². The van der Waals surface area contributed by atoms with E-state index < -0.39 is 15.8 Å². The van der Waals surface area contributed by atoms with Crippen LogP contribution in [0.2, 0.25) is 0 Å². The van der Waals surface area contributed by atoms with Crippen molar-refractivity contribution >= 4 is 16.0 Å². The number of piperazine rings is 1. The molecule has 0 unspecified atom stereocenters. The summed E-state index contributed by atoms with van der Waals surface area (Å²) >= 11 is 0. The molecule has 2 aliphatic heterocycles. The summed E-state index contributed by atoms with van der Waals surface area (Å²) in [5, 5.41) is 0. The van der Waals surface area contributed by atoms with Crippen LogP contribution in [-0.4, -0.2) is 79.9 Å². The average Bonchev–Trinajstić information content (AvgIpc) is 3.16. The number of ether oxygens (including phenoxy) is 1. The van der Waals surface area contributed by atoms with Crippen molar-refractivity contribution in [2.24, 2.45) is 0 Å². The quantitative estimate of drug-likeness (QED) is 0.613. The third-order valence-corrected chi connectivity index (χ3v) is 8.01. The molecule has 0 radical (unpaired) electrons. The number of sulfonamides is 1. The van der Waals surface area contributed by atoms with Gasteiger partial charge in [0.1, 0.15) is 16.8 Å². The minimum atomic E-state index is -3.89. The number of nitrogens with zero attached hydrogens (tertiary/aromatic N) is 3. The third kappa shape index (κ3) is 5.01. The Kier molecular flexibility index (Phi) is 6.90. The maximum atomic E-state index is 14.1. The first kappa shape index (κ1) is 22.8. The molecule has 2 aromatic rings. The fourth-order valence-electron chi connectivity index (χ4n) is 4.55. The minimum Gasteiger partial charge on any atom is -0.459 e. The highest BCUT2D eigenvalue weighted by atomic mass is 32.2. The van der Waals surface area contributed by atoms with Crippen LogP contribution < -0.4 is 0 Å². The van der Waals surface area contributed by atoms with Crippen molar-refractivity contribution in [3.8, 4) is 0 Å². The van der Waals surface area contributed by atoms with Crippen LogP contribution in [0, 0.1) is 5.82 Å². The van der Waals surface area contributed by atoms with Crippen LogP contribution in [0.15, 0.2) is 59.5 Å². The van der Waals surface area contributed by atoms with Crippen molar-refractivity contribution in [1.29, 1.82) is 0 Å². The van der Waals surface area contributed by atoms with E-state index in [1.165, 1.54) is 35.0 Å². The Hall–Kier alpha value is -2.33. The molecule has 0 spiro atoms. The van der Waals surface area contributed by atoms with Crippen molar-refractivity contribution in [3.05, 3.63) is 66.0 Å². The SMILES string of the molecule is CC(=O)O[C@@H]1CN(Cc2ccccc2)C[C@@H]1N1CCN(S(=O)(=O)c2ccccc2F)CC1. The van der Waals surface area contributed by atoms with Crippen molar-refractivity contribution in [2.75, 3.05) is 39.3 Å². The molecule has 0 saturated carbocycles. The standard InChI is InChI=1S/C23H28FN3O4S/c1-18(28)31-22-17-25(15-19-7-3-2-4-8-19)16-21(22)26-11-13-27(14-12-26)32(29,30)23-10-6-5-9-20(23)24/h2-10,21-22H,11-17H2,1H3/t21-,22+/m0/s1. The molecule has 2 fully saturated rings. The molecule has 0 aromatic heterocycles. The van der Waals surface area contributed by atoms with Crippen molar-refractivity contribution in [3.63, 3.8) is 0 Å². The van der Waals surface area contributed by atoms with Gasteiger partial charge in [0.25, 0.3) is 0 Å². The summed E-state index contributed by atoms with van der Waals surface area (Å²) in [6, 6.07) is 15.6. The van der Waals surface area contributed by atoms with E-state index in [9.17, 15) is 17.6 Å². The molecule has 172 valence electrons. The number of esters is 1. The van der Waals surface area contributed by atoms with E-state index in [2.05, 4.69) is 21.9 Å². The van der Waals surface area contributed by atoms with E-state index in [1.54, 1.807) is 0 Å². The lowest BCUT2D eigenvalue weighted by molar-refractivity contribution is -0.148. The van der Waals surface area contributed by atoms with E-state index in [0.29, 0.717) is 19.6 Å². The molecule has 0 aliphatic carbocycles. The van der Waals surface area contributed by atoms with Crippen molar-refractivity contribution in [1.82, 2.24) is 14.1 Å². The highest BCUT2D eigenvalue weighted by molar-refractivity contribution is 7.89. The van der Waals surface area contributed by atoms with Gasteiger partial charge in [0.15, 0.2) is 0 Å². The zero-order valence-electron chi connectivity index (χ0n) is 18.1. The predicted molar refractivity (Wildman–Crippen MR) is 118 cm³/mol. The van der Waals surface area contributed by atoms with Gasteiger partial charge in [-0.25, -0.2) is 12.8 Å². The minimum absolute atomic E-state index is 0.0130. The molecule has 2 aromatic carbocycles. The number of hydrogen-bond donors (Lipinski definition) is 0. The molecule has 4 rings (SSSR count). The Morgan fingerprint density at radius 1 is 1.00 bits per heavy atom. The first-order valence-electron chi connectivity index (χ1n) is 10.8.